The van der Waals surface area contributed by atoms with E-state index in [9.17, 15) is 34.8 Å². The minimum atomic E-state index is -4.79. The molecule has 4 aromatic carbocycles. The third-order valence-electron chi connectivity index (χ3n) is 6.03. The first-order valence-corrected chi connectivity index (χ1v) is 15.9. The fourth-order valence-electron chi connectivity index (χ4n) is 3.84. The third-order valence-corrected chi connectivity index (χ3v) is 9.96. The highest BCUT2D eigenvalue weighted by atomic mass is 35.5. The summed E-state index contributed by atoms with van der Waals surface area (Å²) in [6.07, 6.45) is -4.79. The molecule has 0 aliphatic rings. The molecule has 4 aromatic rings. The van der Waals surface area contributed by atoms with E-state index in [0.717, 1.165) is 28.6 Å². The first kappa shape index (κ1) is 32.1. The molecule has 0 saturated carbocycles. The van der Waals surface area contributed by atoms with Crippen LogP contribution in [0.1, 0.15) is 11.1 Å². The SMILES string of the molecule is Cc1ccc(N(CC(=O)Nc2ccc(S(=O)(=O)Nc3ccc(Cl)c(C(F)(F)F)c3)cc2)S(=O)(=O)c2ccccc2)cc1Cl. The van der Waals surface area contributed by atoms with Crippen molar-refractivity contribution in [2.24, 2.45) is 0 Å². The first-order chi connectivity index (χ1) is 20.1. The number of rotatable bonds is 9. The van der Waals surface area contributed by atoms with Gasteiger partial charge < -0.3 is 5.32 Å². The molecule has 8 nitrogen and oxygen atoms in total. The molecule has 0 unspecified atom stereocenters. The van der Waals surface area contributed by atoms with Gasteiger partial charge in [-0.15, -0.1) is 0 Å². The van der Waals surface area contributed by atoms with Crippen LogP contribution in [0.15, 0.2) is 101 Å². The highest BCUT2D eigenvalue weighted by molar-refractivity contribution is 7.93. The molecule has 0 spiro atoms. The van der Waals surface area contributed by atoms with E-state index in [1.807, 2.05) is 0 Å². The number of sulfonamides is 2. The number of carbonyl (C=O) groups excluding carboxylic acids is 1. The van der Waals surface area contributed by atoms with Gasteiger partial charge >= 0.3 is 6.18 Å². The summed E-state index contributed by atoms with van der Waals surface area (Å²) in [7, 11) is -8.51. The summed E-state index contributed by atoms with van der Waals surface area (Å²) in [5.41, 5.74) is -0.575. The van der Waals surface area contributed by atoms with Gasteiger partial charge in [-0.1, -0.05) is 47.5 Å². The minimum absolute atomic E-state index is 0.0513. The van der Waals surface area contributed by atoms with Crippen molar-refractivity contribution in [3.8, 4) is 0 Å². The fourth-order valence-corrected chi connectivity index (χ4v) is 6.72. The van der Waals surface area contributed by atoms with Gasteiger partial charge in [-0.2, -0.15) is 13.2 Å². The molecule has 0 radical (unpaired) electrons. The van der Waals surface area contributed by atoms with Crippen LogP contribution in [-0.2, 0) is 31.0 Å². The van der Waals surface area contributed by atoms with Gasteiger partial charge in [0, 0.05) is 16.4 Å². The summed E-state index contributed by atoms with van der Waals surface area (Å²) < 4.78 is 94.9. The van der Waals surface area contributed by atoms with Crippen molar-refractivity contribution in [2.75, 3.05) is 20.9 Å². The Morgan fingerprint density at radius 3 is 2.02 bits per heavy atom. The lowest BCUT2D eigenvalue weighted by Crippen LogP contribution is -2.38. The molecule has 0 bridgehead atoms. The van der Waals surface area contributed by atoms with E-state index in [1.54, 1.807) is 31.2 Å². The van der Waals surface area contributed by atoms with E-state index in [2.05, 4.69) is 10.0 Å². The second-order valence-electron chi connectivity index (χ2n) is 9.13. The molecule has 2 N–H and O–H groups in total. The summed E-state index contributed by atoms with van der Waals surface area (Å²) in [5, 5.41) is 2.23. The van der Waals surface area contributed by atoms with E-state index in [4.69, 9.17) is 23.2 Å². The van der Waals surface area contributed by atoms with E-state index in [1.165, 1.54) is 36.4 Å². The lowest BCUT2D eigenvalue weighted by atomic mass is 10.2. The van der Waals surface area contributed by atoms with Gasteiger partial charge in [-0.3, -0.25) is 13.8 Å². The van der Waals surface area contributed by atoms with Crippen LogP contribution >= 0.6 is 23.2 Å². The molecule has 1 amide bonds. The van der Waals surface area contributed by atoms with E-state index >= 15 is 0 Å². The summed E-state index contributed by atoms with van der Waals surface area (Å²) in [4.78, 5) is 12.6. The second kappa shape index (κ2) is 12.4. The highest BCUT2D eigenvalue weighted by Crippen LogP contribution is 2.36. The zero-order valence-corrected chi connectivity index (χ0v) is 25.2. The fraction of sp³-hybridized carbons (Fsp3) is 0.107. The van der Waals surface area contributed by atoms with Crippen molar-refractivity contribution in [1.82, 2.24) is 0 Å². The van der Waals surface area contributed by atoms with Crippen LogP contribution in [-0.4, -0.2) is 29.3 Å². The number of nitrogens with one attached hydrogen (secondary N) is 2. The van der Waals surface area contributed by atoms with Crippen LogP contribution in [0.3, 0.4) is 0 Å². The highest BCUT2D eigenvalue weighted by Gasteiger charge is 2.34. The molecule has 15 heteroatoms. The Hall–Kier alpha value is -3.78. The number of carbonyl (C=O) groups is 1. The van der Waals surface area contributed by atoms with Crippen LogP contribution in [0, 0.1) is 6.92 Å². The van der Waals surface area contributed by atoms with Crippen LogP contribution in [0.25, 0.3) is 0 Å². The van der Waals surface area contributed by atoms with Gasteiger partial charge in [0.25, 0.3) is 20.0 Å². The number of alkyl halides is 3. The molecule has 4 rings (SSSR count). The molecular weight excluding hydrogens is 650 g/mol. The Morgan fingerprint density at radius 2 is 1.42 bits per heavy atom. The smallest absolute Gasteiger partial charge is 0.325 e. The number of benzene rings is 4. The molecule has 0 aliphatic heterocycles. The zero-order valence-electron chi connectivity index (χ0n) is 22.1. The molecule has 0 aliphatic carbocycles. The van der Waals surface area contributed by atoms with Gasteiger partial charge in [0.05, 0.1) is 26.1 Å². The largest absolute Gasteiger partial charge is 0.417 e. The Kier molecular flexibility index (Phi) is 9.30. The predicted octanol–water partition coefficient (Wildman–Crippen LogP) is 6.96. The number of hydrogen-bond acceptors (Lipinski definition) is 5. The van der Waals surface area contributed by atoms with Crippen molar-refractivity contribution in [3.63, 3.8) is 0 Å². The summed E-state index contributed by atoms with van der Waals surface area (Å²) in [6.45, 7) is 1.10. The standard InChI is InChI=1S/C28H22Cl2F3N3O5S2/c1-18-7-11-21(16-26(18)30)36(43(40,41)23-5-3-2-4-6-23)17-27(37)34-19-8-12-22(13-9-19)42(38,39)35-20-10-14-25(29)24(15-20)28(31,32)33/h2-16,35H,17H2,1H3,(H,34,37). The summed E-state index contributed by atoms with van der Waals surface area (Å²) in [6, 6.07) is 19.4. The number of nitrogens with zero attached hydrogens (tertiary/aromatic N) is 1. The Balaban J connectivity index is 1.53. The maximum absolute atomic E-state index is 13.5. The maximum Gasteiger partial charge on any atom is 0.417 e. The van der Waals surface area contributed by atoms with Crippen molar-refractivity contribution >= 4 is 66.2 Å². The molecule has 0 atom stereocenters. The van der Waals surface area contributed by atoms with Gasteiger partial charge in [0.1, 0.15) is 6.54 Å². The Labute approximate surface area is 256 Å². The van der Waals surface area contributed by atoms with E-state index in [0.29, 0.717) is 16.7 Å². The normalized spacial score (nSPS) is 12.0. The van der Waals surface area contributed by atoms with Crippen LogP contribution in [0.5, 0.6) is 0 Å². The molecule has 0 heterocycles. The van der Waals surface area contributed by atoms with Gasteiger partial charge in [0.2, 0.25) is 5.91 Å². The molecule has 0 saturated heterocycles. The molecule has 0 aromatic heterocycles. The first-order valence-electron chi connectivity index (χ1n) is 12.2. The van der Waals surface area contributed by atoms with Gasteiger partial charge in [-0.25, -0.2) is 16.8 Å². The monoisotopic (exact) mass is 671 g/mol. The van der Waals surface area contributed by atoms with Crippen molar-refractivity contribution in [2.45, 2.75) is 22.9 Å². The number of aryl methyl sites for hydroxylation is 1. The van der Waals surface area contributed by atoms with E-state index in [-0.39, 0.29) is 26.9 Å². The van der Waals surface area contributed by atoms with Crippen LogP contribution in [0.2, 0.25) is 10.0 Å². The molecule has 0 fully saturated rings. The zero-order chi connectivity index (χ0) is 31.6. The van der Waals surface area contributed by atoms with Crippen molar-refractivity contribution in [1.29, 1.82) is 0 Å². The number of anilines is 3. The van der Waals surface area contributed by atoms with Crippen molar-refractivity contribution in [3.05, 3.63) is 112 Å². The Morgan fingerprint density at radius 1 is 0.791 bits per heavy atom. The second-order valence-corrected chi connectivity index (χ2v) is 13.5. The lowest BCUT2D eigenvalue weighted by molar-refractivity contribution is -0.137. The van der Waals surface area contributed by atoms with Crippen molar-refractivity contribution < 1.29 is 34.8 Å². The van der Waals surface area contributed by atoms with Gasteiger partial charge in [0.15, 0.2) is 0 Å². The number of halogens is 5. The summed E-state index contributed by atoms with van der Waals surface area (Å²) in [5.74, 6) is -0.745. The minimum Gasteiger partial charge on any atom is -0.325 e. The molecule has 226 valence electrons. The van der Waals surface area contributed by atoms with E-state index < -0.39 is 49.3 Å². The van der Waals surface area contributed by atoms with Crippen LogP contribution in [0.4, 0.5) is 30.2 Å². The lowest BCUT2D eigenvalue weighted by Gasteiger charge is -2.24. The topological polar surface area (TPSA) is 113 Å². The predicted molar refractivity (Wildman–Crippen MR) is 159 cm³/mol. The number of amides is 1. The average molecular weight is 673 g/mol. The molecular formula is C28H22Cl2F3N3O5S2. The van der Waals surface area contributed by atoms with Gasteiger partial charge in [-0.05, 0) is 79.2 Å². The van der Waals surface area contributed by atoms with Crippen LogP contribution < -0.4 is 14.3 Å². The quantitative estimate of drug-likeness (QED) is 0.200. The maximum atomic E-state index is 13.5. The summed E-state index contributed by atoms with van der Waals surface area (Å²) >= 11 is 11.8. The average Bonchev–Trinajstić information content (AvgIpc) is 2.94. The third kappa shape index (κ3) is 7.60. The Bertz CT molecular complexity index is 1870. The molecule has 43 heavy (non-hydrogen) atoms. The number of hydrogen-bond donors (Lipinski definition) is 2.